The maximum atomic E-state index is 10.2. The van der Waals surface area contributed by atoms with Gasteiger partial charge in [-0.05, 0) is 37.6 Å². The first kappa shape index (κ1) is 15.1. The van der Waals surface area contributed by atoms with Gasteiger partial charge in [-0.3, -0.25) is 4.90 Å². The quantitative estimate of drug-likeness (QED) is 0.904. The minimum absolute atomic E-state index is 0.209. The number of aliphatic hydroxyl groups excluding tert-OH is 1. The second kappa shape index (κ2) is 6.55. The van der Waals surface area contributed by atoms with Gasteiger partial charge in [0.15, 0.2) is 11.5 Å². The van der Waals surface area contributed by atoms with Crippen LogP contribution in [-0.2, 0) is 6.54 Å². The van der Waals surface area contributed by atoms with Crippen molar-refractivity contribution in [2.24, 2.45) is 0 Å². The van der Waals surface area contributed by atoms with Crippen LogP contribution >= 0.6 is 15.9 Å². The van der Waals surface area contributed by atoms with E-state index < -0.39 is 0 Å². The van der Waals surface area contributed by atoms with Crippen molar-refractivity contribution in [2.75, 3.05) is 20.3 Å². The number of rotatable bonds is 3. The molecule has 3 rings (SSSR count). The summed E-state index contributed by atoms with van der Waals surface area (Å²) in [5.41, 5.74) is 1.17. The first-order valence-corrected chi connectivity index (χ1v) is 8.41. The van der Waals surface area contributed by atoms with Crippen molar-refractivity contribution in [1.29, 1.82) is 0 Å². The summed E-state index contributed by atoms with van der Waals surface area (Å²) in [5, 5.41) is 10.2. The Kier molecular flexibility index (Phi) is 4.72. The van der Waals surface area contributed by atoms with Gasteiger partial charge in [-0.2, -0.15) is 0 Å². The molecule has 0 radical (unpaired) electrons. The number of fused-ring (bicyclic) bond motifs is 1. The van der Waals surface area contributed by atoms with Gasteiger partial charge >= 0.3 is 0 Å². The van der Waals surface area contributed by atoms with Crippen molar-refractivity contribution in [3.05, 3.63) is 22.2 Å². The molecular weight excluding hydrogens is 334 g/mol. The first-order chi connectivity index (χ1) is 10.1. The third kappa shape index (κ3) is 3.35. The highest BCUT2D eigenvalue weighted by atomic mass is 79.9. The molecule has 2 aliphatic rings. The summed E-state index contributed by atoms with van der Waals surface area (Å²) in [5.74, 6) is 1.62. The van der Waals surface area contributed by atoms with Gasteiger partial charge in [0.1, 0.15) is 13.2 Å². The van der Waals surface area contributed by atoms with Crippen molar-refractivity contribution in [1.82, 2.24) is 4.90 Å². The summed E-state index contributed by atoms with van der Waals surface area (Å²) in [6.07, 6.45) is 4.12. The third-order valence-electron chi connectivity index (χ3n) is 4.39. The van der Waals surface area contributed by atoms with E-state index in [4.69, 9.17) is 9.47 Å². The van der Waals surface area contributed by atoms with Crippen molar-refractivity contribution < 1.29 is 14.6 Å². The fourth-order valence-corrected chi connectivity index (χ4v) is 3.67. The molecule has 116 valence electrons. The third-order valence-corrected chi connectivity index (χ3v) is 5.13. The molecule has 1 saturated carbocycles. The predicted molar refractivity (Wildman–Crippen MR) is 84.9 cm³/mol. The molecule has 1 aromatic carbocycles. The van der Waals surface area contributed by atoms with Crippen LogP contribution in [0.15, 0.2) is 16.6 Å². The Balaban J connectivity index is 1.74. The van der Waals surface area contributed by atoms with Crippen LogP contribution in [0.5, 0.6) is 11.5 Å². The van der Waals surface area contributed by atoms with Crippen molar-refractivity contribution in [3.8, 4) is 11.5 Å². The minimum Gasteiger partial charge on any atom is -0.486 e. The smallest absolute Gasteiger partial charge is 0.162 e. The lowest BCUT2D eigenvalue weighted by molar-refractivity contribution is 0.0287. The number of benzene rings is 1. The summed E-state index contributed by atoms with van der Waals surface area (Å²) in [6.45, 7) is 2.00. The molecule has 0 bridgehead atoms. The van der Waals surface area contributed by atoms with E-state index in [1.165, 1.54) is 12.0 Å². The molecule has 0 spiro atoms. The van der Waals surface area contributed by atoms with Gasteiger partial charge in [-0.1, -0.05) is 28.8 Å². The number of hydrogen-bond donors (Lipinski definition) is 1. The highest BCUT2D eigenvalue weighted by molar-refractivity contribution is 9.10. The molecule has 21 heavy (non-hydrogen) atoms. The second-order valence-electron chi connectivity index (χ2n) is 5.92. The minimum atomic E-state index is -0.209. The van der Waals surface area contributed by atoms with Crippen molar-refractivity contribution in [2.45, 2.75) is 44.4 Å². The number of ether oxygens (including phenoxy) is 2. The average Bonchev–Trinajstić information content (AvgIpc) is 2.48. The zero-order valence-corrected chi connectivity index (χ0v) is 13.9. The van der Waals surface area contributed by atoms with Crippen molar-refractivity contribution in [3.63, 3.8) is 0 Å². The Bertz CT molecular complexity index is 509. The normalized spacial score (nSPS) is 25.1. The van der Waals surface area contributed by atoms with Crippen LogP contribution in [0.2, 0.25) is 0 Å². The molecule has 0 saturated heterocycles. The lowest BCUT2D eigenvalue weighted by atomic mass is 9.91. The van der Waals surface area contributed by atoms with Gasteiger partial charge in [0.05, 0.1) is 6.10 Å². The number of likely N-dealkylation sites (N-methyl/N-ethyl adjacent to an activating group) is 1. The zero-order valence-electron chi connectivity index (χ0n) is 12.3. The summed E-state index contributed by atoms with van der Waals surface area (Å²) in [7, 11) is 2.09. The molecular formula is C16H22BrNO3. The van der Waals surface area contributed by atoms with E-state index in [1.54, 1.807) is 0 Å². The molecule has 0 amide bonds. The molecule has 1 aromatic rings. The number of aliphatic hydroxyl groups is 1. The average molecular weight is 356 g/mol. The van der Waals surface area contributed by atoms with Crippen molar-refractivity contribution >= 4 is 15.9 Å². The predicted octanol–water partition coefficient (Wildman–Crippen LogP) is 2.96. The SMILES string of the molecule is CN(Cc1cc2c(cc1Br)OCCO2)C1CCCCC1O. The van der Waals surface area contributed by atoms with E-state index in [0.717, 1.165) is 41.8 Å². The van der Waals surface area contributed by atoms with Gasteiger partial charge in [-0.15, -0.1) is 0 Å². The van der Waals surface area contributed by atoms with Gasteiger partial charge < -0.3 is 14.6 Å². The van der Waals surface area contributed by atoms with Crippen LogP contribution < -0.4 is 9.47 Å². The fourth-order valence-electron chi connectivity index (χ4n) is 3.22. The van der Waals surface area contributed by atoms with E-state index in [0.29, 0.717) is 13.2 Å². The Hall–Kier alpha value is -0.780. The van der Waals surface area contributed by atoms with Gasteiger partial charge in [0.2, 0.25) is 0 Å². The van der Waals surface area contributed by atoms with E-state index >= 15 is 0 Å². The Morgan fingerprint density at radius 1 is 1.19 bits per heavy atom. The maximum absolute atomic E-state index is 10.2. The molecule has 1 N–H and O–H groups in total. The van der Waals surface area contributed by atoms with Crippen LogP contribution in [0, 0.1) is 0 Å². The molecule has 2 unspecified atom stereocenters. The largest absolute Gasteiger partial charge is 0.486 e. The Morgan fingerprint density at radius 2 is 1.86 bits per heavy atom. The van der Waals surface area contributed by atoms with E-state index in [2.05, 4.69) is 27.9 Å². The zero-order chi connectivity index (χ0) is 14.8. The van der Waals surface area contributed by atoms with Crippen LogP contribution in [0.3, 0.4) is 0 Å². The van der Waals surface area contributed by atoms with Crippen LogP contribution in [-0.4, -0.2) is 42.4 Å². The monoisotopic (exact) mass is 355 g/mol. The maximum Gasteiger partial charge on any atom is 0.162 e. The lowest BCUT2D eigenvalue weighted by Crippen LogP contribution is -2.42. The summed E-state index contributed by atoms with van der Waals surface area (Å²) in [4.78, 5) is 2.25. The second-order valence-corrected chi connectivity index (χ2v) is 6.78. The molecule has 1 aliphatic heterocycles. The Labute approximate surface area is 134 Å². The highest BCUT2D eigenvalue weighted by Crippen LogP contribution is 2.36. The van der Waals surface area contributed by atoms with E-state index in [9.17, 15) is 5.11 Å². The van der Waals surface area contributed by atoms with Gasteiger partial charge in [-0.25, -0.2) is 0 Å². The fraction of sp³-hybridized carbons (Fsp3) is 0.625. The number of nitrogens with zero attached hydrogens (tertiary/aromatic N) is 1. The standard InChI is InChI=1S/C16H22BrNO3/c1-18(13-4-2-3-5-14(13)19)10-11-8-15-16(9-12(11)17)21-7-6-20-15/h8-9,13-14,19H,2-7,10H2,1H3. The molecule has 0 aromatic heterocycles. The van der Waals surface area contributed by atoms with E-state index in [1.807, 2.05) is 12.1 Å². The molecule has 2 atom stereocenters. The molecule has 5 heteroatoms. The number of halogens is 1. The van der Waals surface area contributed by atoms with Gasteiger partial charge in [0, 0.05) is 17.1 Å². The van der Waals surface area contributed by atoms with E-state index in [-0.39, 0.29) is 12.1 Å². The highest BCUT2D eigenvalue weighted by Gasteiger charge is 2.27. The molecule has 4 nitrogen and oxygen atoms in total. The van der Waals surface area contributed by atoms with Crippen LogP contribution in [0.4, 0.5) is 0 Å². The molecule has 1 fully saturated rings. The lowest BCUT2D eigenvalue weighted by Gasteiger charge is -2.35. The molecule has 1 heterocycles. The Morgan fingerprint density at radius 3 is 2.57 bits per heavy atom. The van der Waals surface area contributed by atoms with Gasteiger partial charge in [0.25, 0.3) is 0 Å². The summed E-state index contributed by atoms with van der Waals surface area (Å²) < 4.78 is 12.3. The van der Waals surface area contributed by atoms with Crippen LogP contribution in [0.1, 0.15) is 31.2 Å². The summed E-state index contributed by atoms with van der Waals surface area (Å²) >= 11 is 3.62. The molecule has 1 aliphatic carbocycles. The first-order valence-electron chi connectivity index (χ1n) is 7.61. The van der Waals surface area contributed by atoms with Crippen LogP contribution in [0.25, 0.3) is 0 Å². The number of hydrogen-bond acceptors (Lipinski definition) is 4. The topological polar surface area (TPSA) is 41.9 Å². The summed E-state index contributed by atoms with van der Waals surface area (Å²) in [6, 6.07) is 4.28.